The molecule has 18 heavy (non-hydrogen) atoms. The van der Waals surface area contributed by atoms with Crippen molar-refractivity contribution >= 4 is 27.9 Å². The number of halogens is 1. The van der Waals surface area contributed by atoms with Gasteiger partial charge in [0.1, 0.15) is 0 Å². The molecule has 0 fully saturated rings. The monoisotopic (exact) mass is 304 g/mol. The van der Waals surface area contributed by atoms with Gasteiger partial charge in [-0.25, -0.2) is 4.68 Å². The molecule has 0 spiro atoms. The van der Waals surface area contributed by atoms with Crippen LogP contribution in [-0.2, 0) is 0 Å². The third kappa shape index (κ3) is 2.59. The van der Waals surface area contributed by atoms with Crippen molar-refractivity contribution in [2.24, 2.45) is 0 Å². The molecule has 0 aliphatic carbocycles. The highest BCUT2D eigenvalue weighted by atomic mass is 79.9. The standard InChI is InChI=1S/C14H13BrN2O/c1-10-14(15)11(2)17(16-10)13(18)9-8-12-6-4-3-5-7-12/h3-9H,1-2H3/b9-8+. The fraction of sp³-hybridized carbons (Fsp3) is 0.143. The summed E-state index contributed by atoms with van der Waals surface area (Å²) in [6.07, 6.45) is 3.31. The molecule has 4 heteroatoms. The second-order valence-corrected chi connectivity index (χ2v) is 4.77. The molecule has 92 valence electrons. The van der Waals surface area contributed by atoms with Gasteiger partial charge >= 0.3 is 0 Å². The van der Waals surface area contributed by atoms with Crippen LogP contribution in [0, 0.1) is 13.8 Å². The molecule has 3 nitrogen and oxygen atoms in total. The molecule has 0 N–H and O–H groups in total. The number of aromatic nitrogens is 2. The van der Waals surface area contributed by atoms with Gasteiger partial charge in [-0.1, -0.05) is 30.3 Å². The number of carbonyl (C=O) groups is 1. The maximum atomic E-state index is 12.0. The number of aryl methyl sites for hydroxylation is 1. The van der Waals surface area contributed by atoms with Crippen molar-refractivity contribution in [1.29, 1.82) is 0 Å². The van der Waals surface area contributed by atoms with Crippen LogP contribution in [0.25, 0.3) is 6.08 Å². The lowest BCUT2D eigenvalue weighted by atomic mass is 10.2. The Morgan fingerprint density at radius 1 is 1.28 bits per heavy atom. The van der Waals surface area contributed by atoms with E-state index < -0.39 is 0 Å². The lowest BCUT2D eigenvalue weighted by Gasteiger charge is -1.98. The fourth-order valence-electron chi connectivity index (χ4n) is 1.64. The van der Waals surface area contributed by atoms with Crippen LogP contribution in [0.1, 0.15) is 21.7 Å². The van der Waals surface area contributed by atoms with E-state index in [-0.39, 0.29) is 5.91 Å². The maximum absolute atomic E-state index is 12.0. The summed E-state index contributed by atoms with van der Waals surface area (Å²) in [6, 6.07) is 9.70. The first-order valence-electron chi connectivity index (χ1n) is 5.59. The fourth-order valence-corrected chi connectivity index (χ4v) is 1.89. The smallest absolute Gasteiger partial charge is 0.267 e. The summed E-state index contributed by atoms with van der Waals surface area (Å²) >= 11 is 3.40. The van der Waals surface area contributed by atoms with Gasteiger partial charge < -0.3 is 0 Å². The van der Waals surface area contributed by atoms with Crippen LogP contribution in [-0.4, -0.2) is 15.7 Å². The molecule has 0 atom stereocenters. The van der Waals surface area contributed by atoms with Crippen molar-refractivity contribution in [3.8, 4) is 0 Å². The van der Waals surface area contributed by atoms with E-state index in [0.717, 1.165) is 21.4 Å². The summed E-state index contributed by atoms with van der Waals surface area (Å²) in [6.45, 7) is 3.72. The predicted molar refractivity (Wildman–Crippen MR) is 75.5 cm³/mol. The van der Waals surface area contributed by atoms with Gasteiger partial charge in [-0.2, -0.15) is 5.10 Å². The number of hydrogen-bond acceptors (Lipinski definition) is 2. The SMILES string of the molecule is Cc1nn(C(=O)/C=C/c2ccccc2)c(C)c1Br. The number of hydrogen-bond donors (Lipinski definition) is 0. The summed E-state index contributed by atoms with van der Waals surface area (Å²) in [5, 5.41) is 4.19. The molecule has 2 aromatic rings. The first-order chi connectivity index (χ1) is 8.59. The molecule has 0 amide bonds. The Bertz CT molecular complexity index is 600. The Morgan fingerprint density at radius 2 is 1.94 bits per heavy atom. The third-order valence-corrected chi connectivity index (χ3v) is 3.78. The Hall–Kier alpha value is -1.68. The normalized spacial score (nSPS) is 11.1. The van der Waals surface area contributed by atoms with Crippen LogP contribution in [0.15, 0.2) is 40.9 Å². The highest BCUT2D eigenvalue weighted by Gasteiger charge is 2.12. The van der Waals surface area contributed by atoms with Gasteiger partial charge in [-0.05, 0) is 41.4 Å². The summed E-state index contributed by atoms with van der Waals surface area (Å²) in [5.41, 5.74) is 2.62. The van der Waals surface area contributed by atoms with E-state index in [0.29, 0.717) is 0 Å². The van der Waals surface area contributed by atoms with Crippen molar-refractivity contribution in [1.82, 2.24) is 9.78 Å². The van der Waals surface area contributed by atoms with Crippen LogP contribution < -0.4 is 0 Å². The molecule has 0 unspecified atom stereocenters. The highest BCUT2D eigenvalue weighted by molar-refractivity contribution is 9.10. The Morgan fingerprint density at radius 3 is 2.50 bits per heavy atom. The van der Waals surface area contributed by atoms with Crippen molar-refractivity contribution in [3.63, 3.8) is 0 Å². The first-order valence-corrected chi connectivity index (χ1v) is 6.38. The minimum Gasteiger partial charge on any atom is -0.267 e. The van der Waals surface area contributed by atoms with Gasteiger partial charge in [0, 0.05) is 6.08 Å². The highest BCUT2D eigenvalue weighted by Crippen LogP contribution is 2.19. The number of benzene rings is 1. The lowest BCUT2D eigenvalue weighted by molar-refractivity contribution is 0.0952. The van der Waals surface area contributed by atoms with Crippen molar-refractivity contribution < 1.29 is 4.79 Å². The zero-order valence-electron chi connectivity index (χ0n) is 10.2. The predicted octanol–water partition coefficient (Wildman–Crippen LogP) is 3.62. The van der Waals surface area contributed by atoms with Crippen molar-refractivity contribution in [2.45, 2.75) is 13.8 Å². The van der Waals surface area contributed by atoms with E-state index in [9.17, 15) is 4.79 Å². The van der Waals surface area contributed by atoms with E-state index in [4.69, 9.17) is 0 Å². The molecule has 1 heterocycles. The topological polar surface area (TPSA) is 34.9 Å². The summed E-state index contributed by atoms with van der Waals surface area (Å²) in [5.74, 6) is -0.148. The first kappa shape index (κ1) is 12.8. The molecule has 0 aliphatic heterocycles. The average molecular weight is 305 g/mol. The molecule has 1 aromatic carbocycles. The maximum Gasteiger partial charge on any atom is 0.271 e. The Kier molecular flexibility index (Phi) is 3.77. The minimum absolute atomic E-state index is 0.148. The zero-order valence-corrected chi connectivity index (χ0v) is 11.8. The molecule has 0 radical (unpaired) electrons. The Balaban J connectivity index is 2.23. The van der Waals surface area contributed by atoms with E-state index in [2.05, 4.69) is 21.0 Å². The van der Waals surface area contributed by atoms with Gasteiger partial charge in [0.25, 0.3) is 5.91 Å². The van der Waals surface area contributed by atoms with Gasteiger partial charge in [0.05, 0.1) is 15.9 Å². The van der Waals surface area contributed by atoms with E-state index in [1.54, 1.807) is 6.08 Å². The van der Waals surface area contributed by atoms with Crippen LogP contribution in [0.2, 0.25) is 0 Å². The Labute approximate surface area is 114 Å². The number of allylic oxidation sites excluding steroid dienone is 1. The molecular weight excluding hydrogens is 292 g/mol. The van der Waals surface area contributed by atoms with Gasteiger partial charge in [-0.15, -0.1) is 0 Å². The van der Waals surface area contributed by atoms with Crippen molar-refractivity contribution in [2.75, 3.05) is 0 Å². The second-order valence-electron chi connectivity index (χ2n) is 3.98. The number of carbonyl (C=O) groups excluding carboxylic acids is 1. The second kappa shape index (κ2) is 5.31. The minimum atomic E-state index is -0.148. The quantitative estimate of drug-likeness (QED) is 0.794. The van der Waals surface area contributed by atoms with E-state index in [1.165, 1.54) is 10.8 Å². The lowest BCUT2D eigenvalue weighted by Crippen LogP contribution is -2.10. The molecule has 0 bridgehead atoms. The zero-order chi connectivity index (χ0) is 13.1. The van der Waals surface area contributed by atoms with Crippen LogP contribution in [0.5, 0.6) is 0 Å². The van der Waals surface area contributed by atoms with E-state index >= 15 is 0 Å². The van der Waals surface area contributed by atoms with Crippen molar-refractivity contribution in [3.05, 3.63) is 57.8 Å². The third-order valence-electron chi connectivity index (χ3n) is 2.63. The number of nitrogens with zero attached hydrogens (tertiary/aromatic N) is 2. The molecule has 0 saturated heterocycles. The molecule has 1 aromatic heterocycles. The number of rotatable bonds is 2. The molecular formula is C14H13BrN2O. The molecule has 2 rings (SSSR count). The molecule has 0 aliphatic rings. The largest absolute Gasteiger partial charge is 0.271 e. The van der Waals surface area contributed by atoms with Gasteiger partial charge in [-0.3, -0.25) is 4.79 Å². The summed E-state index contributed by atoms with van der Waals surface area (Å²) in [7, 11) is 0. The molecule has 0 saturated carbocycles. The van der Waals surface area contributed by atoms with Gasteiger partial charge in [0.2, 0.25) is 0 Å². The van der Waals surface area contributed by atoms with E-state index in [1.807, 2.05) is 44.2 Å². The average Bonchev–Trinajstić information content (AvgIpc) is 2.65. The summed E-state index contributed by atoms with van der Waals surface area (Å²) < 4.78 is 2.28. The van der Waals surface area contributed by atoms with Crippen LogP contribution >= 0.6 is 15.9 Å². The van der Waals surface area contributed by atoms with Gasteiger partial charge in [0.15, 0.2) is 0 Å². The van der Waals surface area contributed by atoms with Crippen LogP contribution in [0.4, 0.5) is 0 Å². The van der Waals surface area contributed by atoms with Crippen LogP contribution in [0.3, 0.4) is 0 Å². The summed E-state index contributed by atoms with van der Waals surface area (Å²) in [4.78, 5) is 12.0.